The van der Waals surface area contributed by atoms with E-state index in [1.807, 2.05) is 0 Å². The van der Waals surface area contributed by atoms with Crippen LogP contribution in [0.3, 0.4) is 0 Å². The third-order valence-corrected chi connectivity index (χ3v) is 2.72. The van der Waals surface area contributed by atoms with Crippen LogP contribution in [0.2, 0.25) is 0 Å². The van der Waals surface area contributed by atoms with Crippen molar-refractivity contribution in [3.05, 3.63) is 17.8 Å². The van der Waals surface area contributed by atoms with E-state index in [1.54, 1.807) is 13.1 Å². The van der Waals surface area contributed by atoms with Crippen LogP contribution in [0.5, 0.6) is 0 Å². The molecular formula is C11H15N3O4. The summed E-state index contributed by atoms with van der Waals surface area (Å²) in [6, 6.07) is -1.33. The number of rotatable bonds is 5. The normalized spacial score (nSPS) is 16.1. The van der Waals surface area contributed by atoms with Crippen LogP contribution in [0.15, 0.2) is 10.6 Å². The molecule has 1 aliphatic carbocycles. The van der Waals surface area contributed by atoms with Crippen molar-refractivity contribution in [2.75, 3.05) is 0 Å². The Labute approximate surface area is 104 Å². The van der Waals surface area contributed by atoms with Crippen molar-refractivity contribution in [3.8, 4) is 0 Å². The number of amides is 2. The van der Waals surface area contributed by atoms with E-state index < -0.39 is 18.0 Å². The lowest BCUT2D eigenvalue weighted by Gasteiger charge is -2.13. The van der Waals surface area contributed by atoms with Gasteiger partial charge in [0.25, 0.3) is 0 Å². The molecular weight excluding hydrogens is 238 g/mol. The number of carboxylic acid groups (broad SMARTS) is 1. The first-order chi connectivity index (χ1) is 8.56. The summed E-state index contributed by atoms with van der Waals surface area (Å²) in [4.78, 5) is 26.4. The molecule has 18 heavy (non-hydrogen) atoms. The van der Waals surface area contributed by atoms with Gasteiger partial charge < -0.3 is 20.2 Å². The fourth-order valence-corrected chi connectivity index (χ4v) is 1.64. The van der Waals surface area contributed by atoms with E-state index in [4.69, 9.17) is 9.52 Å². The Bertz CT molecular complexity index is 453. The minimum Gasteiger partial charge on any atom is -0.480 e. The predicted octanol–water partition coefficient (Wildman–Crippen LogP) is 0.645. The number of nitrogens with one attached hydrogen (secondary N) is 2. The van der Waals surface area contributed by atoms with Gasteiger partial charge in [0.05, 0.1) is 12.7 Å². The smallest absolute Gasteiger partial charge is 0.326 e. The van der Waals surface area contributed by atoms with E-state index in [0.717, 1.165) is 12.8 Å². The van der Waals surface area contributed by atoms with Crippen molar-refractivity contribution < 1.29 is 19.1 Å². The highest BCUT2D eigenvalue weighted by Crippen LogP contribution is 2.32. The van der Waals surface area contributed by atoms with Crippen molar-refractivity contribution in [1.29, 1.82) is 0 Å². The zero-order valence-electron chi connectivity index (χ0n) is 9.97. The number of aryl methyl sites for hydroxylation is 1. The van der Waals surface area contributed by atoms with Crippen LogP contribution in [0, 0.1) is 12.8 Å². The molecule has 2 rings (SSSR count). The minimum atomic E-state index is -1.00. The van der Waals surface area contributed by atoms with Crippen LogP contribution >= 0.6 is 0 Å². The summed E-state index contributed by atoms with van der Waals surface area (Å²) in [5.74, 6) is 0.103. The molecule has 0 aliphatic heterocycles. The monoisotopic (exact) mass is 253 g/mol. The standard InChI is InChI=1S/C11H15N3O4/c1-6-4-12-8(18-6)5-13-11(17)14-9(10(15)16)7-2-3-7/h4,7,9H,2-3,5H2,1H3,(H,15,16)(H2,13,14,17). The van der Waals surface area contributed by atoms with E-state index >= 15 is 0 Å². The quantitative estimate of drug-likeness (QED) is 0.714. The van der Waals surface area contributed by atoms with Crippen molar-refractivity contribution in [2.45, 2.75) is 32.4 Å². The Hall–Kier alpha value is -2.05. The number of hydrogen-bond donors (Lipinski definition) is 3. The Balaban J connectivity index is 1.79. The van der Waals surface area contributed by atoms with Gasteiger partial charge in [0.15, 0.2) is 0 Å². The molecule has 0 saturated heterocycles. The Morgan fingerprint density at radius 3 is 2.83 bits per heavy atom. The predicted molar refractivity (Wildman–Crippen MR) is 60.8 cm³/mol. The second kappa shape index (κ2) is 5.07. The second-order valence-corrected chi connectivity index (χ2v) is 4.35. The average molecular weight is 253 g/mol. The molecule has 1 aliphatic rings. The topological polar surface area (TPSA) is 104 Å². The molecule has 2 amide bonds. The first-order valence-electron chi connectivity index (χ1n) is 5.74. The largest absolute Gasteiger partial charge is 0.480 e. The molecule has 0 bridgehead atoms. The molecule has 1 aromatic rings. The lowest BCUT2D eigenvalue weighted by molar-refractivity contribution is -0.139. The van der Waals surface area contributed by atoms with Gasteiger partial charge in [0.2, 0.25) is 5.89 Å². The van der Waals surface area contributed by atoms with Crippen LogP contribution in [0.1, 0.15) is 24.5 Å². The summed E-state index contributed by atoms with van der Waals surface area (Å²) < 4.78 is 5.18. The van der Waals surface area contributed by atoms with Gasteiger partial charge in [0.1, 0.15) is 11.8 Å². The number of urea groups is 1. The van der Waals surface area contributed by atoms with Gasteiger partial charge in [-0.25, -0.2) is 14.6 Å². The van der Waals surface area contributed by atoms with Gasteiger partial charge in [0, 0.05) is 0 Å². The van der Waals surface area contributed by atoms with E-state index in [-0.39, 0.29) is 12.5 Å². The van der Waals surface area contributed by atoms with Gasteiger partial charge in [-0.05, 0) is 25.7 Å². The molecule has 1 heterocycles. The number of oxazole rings is 1. The van der Waals surface area contributed by atoms with Crippen molar-refractivity contribution in [2.24, 2.45) is 5.92 Å². The summed E-state index contributed by atoms with van der Waals surface area (Å²) >= 11 is 0. The number of aromatic nitrogens is 1. The summed E-state index contributed by atoms with van der Waals surface area (Å²) in [5.41, 5.74) is 0. The average Bonchev–Trinajstić information content (AvgIpc) is 3.06. The van der Waals surface area contributed by atoms with Crippen LogP contribution in [0.4, 0.5) is 4.79 Å². The first-order valence-corrected chi connectivity index (χ1v) is 5.74. The number of carboxylic acids is 1. The molecule has 3 N–H and O–H groups in total. The number of hydrogen-bond acceptors (Lipinski definition) is 4. The summed E-state index contributed by atoms with van der Waals surface area (Å²) in [7, 11) is 0. The molecule has 1 fully saturated rings. The molecule has 98 valence electrons. The molecule has 0 aromatic carbocycles. The zero-order valence-corrected chi connectivity index (χ0v) is 9.97. The first kappa shape index (κ1) is 12.4. The second-order valence-electron chi connectivity index (χ2n) is 4.35. The summed E-state index contributed by atoms with van der Waals surface area (Å²) in [6.07, 6.45) is 3.24. The third kappa shape index (κ3) is 3.22. The van der Waals surface area contributed by atoms with Gasteiger partial charge in [-0.2, -0.15) is 0 Å². The fourth-order valence-electron chi connectivity index (χ4n) is 1.64. The number of carbonyl (C=O) groups excluding carboxylic acids is 1. The van der Waals surface area contributed by atoms with Gasteiger partial charge in [-0.3, -0.25) is 0 Å². The van der Waals surface area contributed by atoms with E-state index in [2.05, 4.69) is 15.6 Å². The summed E-state index contributed by atoms with van der Waals surface area (Å²) in [5, 5.41) is 13.9. The number of nitrogens with zero attached hydrogens (tertiary/aromatic N) is 1. The molecule has 7 nitrogen and oxygen atoms in total. The number of aliphatic carboxylic acids is 1. The third-order valence-electron chi connectivity index (χ3n) is 2.72. The molecule has 1 unspecified atom stereocenters. The highest BCUT2D eigenvalue weighted by molar-refractivity contribution is 5.82. The molecule has 1 saturated carbocycles. The lowest BCUT2D eigenvalue weighted by atomic mass is 10.2. The minimum absolute atomic E-state index is 0.0530. The van der Waals surface area contributed by atoms with Gasteiger partial charge in [-0.1, -0.05) is 0 Å². The van der Waals surface area contributed by atoms with Crippen molar-refractivity contribution in [3.63, 3.8) is 0 Å². The molecule has 1 aromatic heterocycles. The Morgan fingerprint density at radius 1 is 1.61 bits per heavy atom. The zero-order chi connectivity index (χ0) is 13.1. The van der Waals surface area contributed by atoms with E-state index in [9.17, 15) is 9.59 Å². The highest BCUT2D eigenvalue weighted by Gasteiger charge is 2.37. The molecule has 1 atom stereocenters. The molecule has 7 heteroatoms. The highest BCUT2D eigenvalue weighted by atomic mass is 16.4. The maximum absolute atomic E-state index is 11.5. The van der Waals surface area contributed by atoms with E-state index in [0.29, 0.717) is 11.7 Å². The number of carbonyl (C=O) groups is 2. The van der Waals surface area contributed by atoms with Crippen LogP contribution in [0.25, 0.3) is 0 Å². The maximum Gasteiger partial charge on any atom is 0.326 e. The Kier molecular flexibility index (Phi) is 3.50. The van der Waals surface area contributed by atoms with Crippen LogP contribution in [-0.4, -0.2) is 28.1 Å². The van der Waals surface area contributed by atoms with Crippen molar-refractivity contribution in [1.82, 2.24) is 15.6 Å². The van der Waals surface area contributed by atoms with Crippen LogP contribution < -0.4 is 10.6 Å². The summed E-state index contributed by atoms with van der Waals surface area (Å²) in [6.45, 7) is 1.89. The van der Waals surface area contributed by atoms with Gasteiger partial charge >= 0.3 is 12.0 Å². The lowest BCUT2D eigenvalue weighted by Crippen LogP contribution is -2.47. The van der Waals surface area contributed by atoms with Gasteiger partial charge in [-0.15, -0.1) is 0 Å². The SMILES string of the molecule is Cc1cnc(CNC(=O)NC(C(=O)O)C2CC2)o1. The Morgan fingerprint density at radius 2 is 2.33 bits per heavy atom. The molecule has 0 radical (unpaired) electrons. The van der Waals surface area contributed by atoms with Crippen molar-refractivity contribution >= 4 is 12.0 Å². The molecule has 0 spiro atoms. The fraction of sp³-hybridized carbons (Fsp3) is 0.545. The maximum atomic E-state index is 11.5. The van der Waals surface area contributed by atoms with Crippen LogP contribution in [-0.2, 0) is 11.3 Å². The van der Waals surface area contributed by atoms with E-state index in [1.165, 1.54) is 0 Å².